The lowest BCUT2D eigenvalue weighted by Crippen LogP contribution is -2.44. The van der Waals surface area contributed by atoms with Gasteiger partial charge in [0.25, 0.3) is 0 Å². The maximum absolute atomic E-state index is 9.00. The molecule has 1 aliphatic rings. The third-order valence-electron chi connectivity index (χ3n) is 2.26. The summed E-state index contributed by atoms with van der Waals surface area (Å²) in [5, 5.41) is 9.37. The van der Waals surface area contributed by atoms with E-state index >= 15 is 0 Å². The van der Waals surface area contributed by atoms with Gasteiger partial charge >= 0.3 is 0 Å². The summed E-state index contributed by atoms with van der Waals surface area (Å²) in [5.41, 5.74) is 0. The van der Waals surface area contributed by atoms with Crippen molar-refractivity contribution in [1.82, 2.24) is 9.97 Å². The van der Waals surface area contributed by atoms with Gasteiger partial charge in [0.05, 0.1) is 31.7 Å². The number of anilines is 1. The van der Waals surface area contributed by atoms with Crippen LogP contribution in [0.25, 0.3) is 0 Å². The van der Waals surface area contributed by atoms with Crippen molar-refractivity contribution in [2.45, 2.75) is 6.10 Å². The summed E-state index contributed by atoms with van der Waals surface area (Å²) in [6, 6.07) is 0. The molecule has 0 bridgehead atoms. The molecule has 0 amide bonds. The fraction of sp³-hybridized carbons (Fsp3) is 0.556. The summed E-state index contributed by atoms with van der Waals surface area (Å²) in [6.07, 6.45) is 3.00. The highest BCUT2D eigenvalue weighted by Gasteiger charge is 2.20. The fourth-order valence-electron chi connectivity index (χ4n) is 1.52. The molecular formula is C9H12ClN3O2. The lowest BCUT2D eigenvalue weighted by Gasteiger charge is -2.32. The lowest BCUT2D eigenvalue weighted by molar-refractivity contribution is 0.00334. The maximum atomic E-state index is 9.00. The molecule has 2 rings (SSSR count). The molecule has 1 aromatic heterocycles. The van der Waals surface area contributed by atoms with Crippen molar-refractivity contribution in [2.75, 3.05) is 31.2 Å². The van der Waals surface area contributed by atoms with Crippen LogP contribution in [0.3, 0.4) is 0 Å². The summed E-state index contributed by atoms with van der Waals surface area (Å²) >= 11 is 5.75. The van der Waals surface area contributed by atoms with Crippen LogP contribution >= 0.6 is 11.6 Å². The van der Waals surface area contributed by atoms with Gasteiger partial charge in [-0.3, -0.25) is 4.98 Å². The largest absolute Gasteiger partial charge is 0.394 e. The van der Waals surface area contributed by atoms with Crippen LogP contribution in [0.15, 0.2) is 12.4 Å². The van der Waals surface area contributed by atoms with Gasteiger partial charge < -0.3 is 14.7 Å². The molecule has 1 N–H and O–H groups in total. The molecule has 0 spiro atoms. The van der Waals surface area contributed by atoms with Crippen LogP contribution in [0.4, 0.5) is 5.82 Å². The molecule has 5 nitrogen and oxygen atoms in total. The van der Waals surface area contributed by atoms with Crippen molar-refractivity contribution in [3.8, 4) is 0 Å². The SMILES string of the molecule is OCC1CN(c2cncc(Cl)n2)CCO1. The quantitative estimate of drug-likeness (QED) is 0.792. The number of halogens is 1. The minimum Gasteiger partial charge on any atom is -0.394 e. The van der Waals surface area contributed by atoms with Gasteiger partial charge in [-0.25, -0.2) is 4.98 Å². The van der Waals surface area contributed by atoms with Gasteiger partial charge in [-0.05, 0) is 0 Å². The maximum Gasteiger partial charge on any atom is 0.149 e. The third kappa shape index (κ3) is 2.56. The molecule has 1 aliphatic heterocycles. The van der Waals surface area contributed by atoms with E-state index in [0.29, 0.717) is 18.3 Å². The van der Waals surface area contributed by atoms with Crippen LogP contribution in [-0.4, -0.2) is 47.5 Å². The fourth-order valence-corrected chi connectivity index (χ4v) is 1.67. The molecule has 2 heterocycles. The smallest absolute Gasteiger partial charge is 0.149 e. The van der Waals surface area contributed by atoms with Crippen LogP contribution in [0, 0.1) is 0 Å². The third-order valence-corrected chi connectivity index (χ3v) is 2.44. The van der Waals surface area contributed by atoms with E-state index in [-0.39, 0.29) is 12.7 Å². The molecule has 1 saturated heterocycles. The van der Waals surface area contributed by atoms with Gasteiger partial charge in [-0.1, -0.05) is 11.6 Å². The van der Waals surface area contributed by atoms with Gasteiger partial charge in [0.1, 0.15) is 11.0 Å². The normalized spacial score (nSPS) is 21.7. The number of nitrogens with zero attached hydrogens (tertiary/aromatic N) is 3. The number of hydrogen-bond donors (Lipinski definition) is 1. The monoisotopic (exact) mass is 229 g/mol. The molecule has 1 aromatic rings. The summed E-state index contributed by atoms with van der Waals surface area (Å²) in [5.74, 6) is 0.726. The Kier molecular flexibility index (Phi) is 3.35. The zero-order valence-corrected chi connectivity index (χ0v) is 8.89. The second-order valence-electron chi connectivity index (χ2n) is 3.32. The second-order valence-corrected chi connectivity index (χ2v) is 3.71. The zero-order valence-electron chi connectivity index (χ0n) is 8.14. The van der Waals surface area contributed by atoms with E-state index in [9.17, 15) is 0 Å². The Bertz CT molecular complexity index is 337. The van der Waals surface area contributed by atoms with Crippen LogP contribution in [0.2, 0.25) is 5.15 Å². The van der Waals surface area contributed by atoms with E-state index < -0.39 is 0 Å². The van der Waals surface area contributed by atoms with Gasteiger partial charge in [0.2, 0.25) is 0 Å². The van der Waals surface area contributed by atoms with Gasteiger partial charge in [0.15, 0.2) is 0 Å². The van der Waals surface area contributed by atoms with E-state index in [2.05, 4.69) is 9.97 Å². The predicted octanol–water partition coefficient (Wildman–Crippen LogP) is 0.328. The molecule has 0 saturated carbocycles. The predicted molar refractivity (Wildman–Crippen MR) is 56.1 cm³/mol. The van der Waals surface area contributed by atoms with Crippen LogP contribution in [0.5, 0.6) is 0 Å². The van der Waals surface area contributed by atoms with E-state index in [1.165, 1.54) is 6.20 Å². The number of rotatable bonds is 2. The van der Waals surface area contributed by atoms with E-state index in [0.717, 1.165) is 12.4 Å². The first-order valence-electron chi connectivity index (χ1n) is 4.74. The number of ether oxygens (including phenoxy) is 1. The zero-order chi connectivity index (χ0) is 10.7. The standard InChI is InChI=1S/C9H12ClN3O2/c10-8-3-11-4-9(12-8)13-1-2-15-7(5-13)6-14/h3-4,7,14H,1-2,5-6H2. The molecule has 1 atom stereocenters. The number of aromatic nitrogens is 2. The minimum absolute atomic E-state index is 0.0183. The molecule has 6 heteroatoms. The van der Waals surface area contributed by atoms with E-state index in [4.69, 9.17) is 21.4 Å². The molecular weight excluding hydrogens is 218 g/mol. The summed E-state index contributed by atoms with van der Waals surface area (Å²) < 4.78 is 5.34. The van der Waals surface area contributed by atoms with Crippen LogP contribution in [-0.2, 0) is 4.74 Å². The summed E-state index contributed by atoms with van der Waals surface area (Å²) in [4.78, 5) is 10.1. The highest BCUT2D eigenvalue weighted by Crippen LogP contribution is 2.15. The molecule has 0 aliphatic carbocycles. The molecule has 1 unspecified atom stereocenters. The average molecular weight is 230 g/mol. The van der Waals surface area contributed by atoms with E-state index in [1.54, 1.807) is 6.20 Å². The Morgan fingerprint density at radius 2 is 2.47 bits per heavy atom. The number of aliphatic hydroxyl groups is 1. The minimum atomic E-state index is -0.153. The molecule has 1 fully saturated rings. The molecule has 0 radical (unpaired) electrons. The van der Waals surface area contributed by atoms with Crippen molar-refractivity contribution in [3.05, 3.63) is 17.5 Å². The highest BCUT2D eigenvalue weighted by atomic mass is 35.5. The van der Waals surface area contributed by atoms with Crippen molar-refractivity contribution < 1.29 is 9.84 Å². The average Bonchev–Trinajstić information content (AvgIpc) is 2.29. The van der Waals surface area contributed by atoms with Crippen molar-refractivity contribution in [2.24, 2.45) is 0 Å². The Morgan fingerprint density at radius 1 is 1.60 bits per heavy atom. The molecule has 15 heavy (non-hydrogen) atoms. The van der Waals surface area contributed by atoms with Crippen LogP contribution < -0.4 is 4.90 Å². The number of aliphatic hydroxyl groups excluding tert-OH is 1. The summed E-state index contributed by atoms with van der Waals surface area (Å²) in [7, 11) is 0. The Labute approximate surface area is 92.7 Å². The Hall–Kier alpha value is -0.910. The van der Waals surface area contributed by atoms with Crippen LogP contribution in [0.1, 0.15) is 0 Å². The molecule has 0 aromatic carbocycles. The van der Waals surface area contributed by atoms with Gasteiger partial charge in [0, 0.05) is 13.1 Å². The second kappa shape index (κ2) is 4.74. The lowest BCUT2D eigenvalue weighted by atomic mass is 10.3. The Balaban J connectivity index is 2.09. The Morgan fingerprint density at radius 3 is 3.20 bits per heavy atom. The molecule has 82 valence electrons. The highest BCUT2D eigenvalue weighted by molar-refractivity contribution is 6.29. The van der Waals surface area contributed by atoms with Crippen molar-refractivity contribution >= 4 is 17.4 Å². The first kappa shape index (κ1) is 10.6. The van der Waals surface area contributed by atoms with Gasteiger partial charge in [-0.15, -0.1) is 0 Å². The van der Waals surface area contributed by atoms with Crippen molar-refractivity contribution in [1.29, 1.82) is 0 Å². The van der Waals surface area contributed by atoms with Crippen molar-refractivity contribution in [3.63, 3.8) is 0 Å². The number of morpholine rings is 1. The van der Waals surface area contributed by atoms with Gasteiger partial charge in [-0.2, -0.15) is 0 Å². The first-order chi connectivity index (χ1) is 7.29. The van der Waals surface area contributed by atoms with E-state index in [1.807, 2.05) is 4.90 Å². The number of hydrogen-bond acceptors (Lipinski definition) is 5. The first-order valence-corrected chi connectivity index (χ1v) is 5.12. The summed E-state index contributed by atoms with van der Waals surface area (Å²) in [6.45, 7) is 1.96. The topological polar surface area (TPSA) is 58.5 Å².